The summed E-state index contributed by atoms with van der Waals surface area (Å²) in [6.07, 6.45) is 1.09. The largest absolute Gasteiger partial charge is 0.497 e. The Morgan fingerprint density at radius 1 is 1.20 bits per heavy atom. The molecule has 1 aromatic carbocycles. The molecule has 0 aliphatic rings. The molecule has 0 saturated heterocycles. The SMILES string of the molecule is COc1ccc(N=Nc2c(C(=O)O)nc3ccc(F)cn23)c(OC)c1. The fraction of sp³-hybridized carbons (Fsp3) is 0.125. The first-order chi connectivity index (χ1) is 12.0. The molecule has 0 radical (unpaired) electrons. The Labute approximate surface area is 141 Å². The predicted octanol–water partition coefficient (Wildman–Crippen LogP) is 3.60. The highest BCUT2D eigenvalue weighted by Crippen LogP contribution is 2.33. The number of hydrogen-bond donors (Lipinski definition) is 1. The summed E-state index contributed by atoms with van der Waals surface area (Å²) in [6.45, 7) is 0. The van der Waals surface area contributed by atoms with E-state index in [1.807, 2.05) is 0 Å². The maximum absolute atomic E-state index is 13.5. The maximum Gasteiger partial charge on any atom is 0.358 e. The summed E-state index contributed by atoms with van der Waals surface area (Å²) in [5.74, 6) is -0.987. The van der Waals surface area contributed by atoms with Crippen LogP contribution in [0.3, 0.4) is 0 Å². The second-order valence-corrected chi connectivity index (χ2v) is 4.90. The van der Waals surface area contributed by atoms with E-state index >= 15 is 0 Å². The minimum atomic E-state index is -1.29. The van der Waals surface area contributed by atoms with E-state index < -0.39 is 11.8 Å². The lowest BCUT2D eigenvalue weighted by Gasteiger charge is -2.06. The van der Waals surface area contributed by atoms with Crippen LogP contribution in [0.4, 0.5) is 15.9 Å². The highest BCUT2D eigenvalue weighted by atomic mass is 19.1. The number of benzene rings is 1. The second-order valence-electron chi connectivity index (χ2n) is 4.90. The van der Waals surface area contributed by atoms with Gasteiger partial charge in [0, 0.05) is 12.3 Å². The first kappa shape index (κ1) is 16.4. The number of hydrogen-bond acceptors (Lipinski definition) is 6. The van der Waals surface area contributed by atoms with Gasteiger partial charge < -0.3 is 14.6 Å². The van der Waals surface area contributed by atoms with Crippen LogP contribution in [0.25, 0.3) is 5.65 Å². The number of rotatable bonds is 5. The van der Waals surface area contributed by atoms with Crippen molar-refractivity contribution in [3.05, 3.63) is 48.0 Å². The average Bonchev–Trinajstić information content (AvgIpc) is 2.97. The molecular weight excluding hydrogens is 331 g/mol. The molecule has 0 fully saturated rings. The lowest BCUT2D eigenvalue weighted by atomic mass is 10.3. The third-order valence-electron chi connectivity index (χ3n) is 3.40. The number of carboxylic acid groups (broad SMARTS) is 1. The predicted molar refractivity (Wildman–Crippen MR) is 85.8 cm³/mol. The smallest absolute Gasteiger partial charge is 0.358 e. The van der Waals surface area contributed by atoms with Gasteiger partial charge in [-0.05, 0) is 24.3 Å². The number of aromatic nitrogens is 2. The van der Waals surface area contributed by atoms with Gasteiger partial charge >= 0.3 is 5.97 Å². The lowest BCUT2D eigenvalue weighted by molar-refractivity contribution is 0.0692. The molecule has 128 valence electrons. The standard InChI is InChI=1S/C16H13FN4O4/c1-24-10-4-5-11(12(7-10)25-2)19-20-15-14(16(22)23)18-13-6-3-9(17)8-21(13)15/h3-8H,1-2H3,(H,22,23). The molecule has 0 spiro atoms. The van der Waals surface area contributed by atoms with Crippen molar-refractivity contribution >= 4 is 23.1 Å². The van der Waals surface area contributed by atoms with Crippen molar-refractivity contribution in [1.82, 2.24) is 9.38 Å². The van der Waals surface area contributed by atoms with Crippen LogP contribution in [0.2, 0.25) is 0 Å². The number of azo groups is 1. The van der Waals surface area contributed by atoms with Gasteiger partial charge in [-0.2, -0.15) is 0 Å². The Morgan fingerprint density at radius 3 is 2.68 bits per heavy atom. The molecule has 3 aromatic rings. The van der Waals surface area contributed by atoms with Gasteiger partial charge in [0.15, 0.2) is 11.5 Å². The number of pyridine rings is 1. The molecule has 0 atom stereocenters. The molecule has 0 amide bonds. The summed E-state index contributed by atoms with van der Waals surface area (Å²) in [4.78, 5) is 15.3. The maximum atomic E-state index is 13.5. The molecule has 25 heavy (non-hydrogen) atoms. The van der Waals surface area contributed by atoms with Crippen LogP contribution in [0.5, 0.6) is 11.5 Å². The van der Waals surface area contributed by atoms with Gasteiger partial charge in [0.25, 0.3) is 0 Å². The molecule has 0 aliphatic carbocycles. The van der Waals surface area contributed by atoms with Crippen LogP contribution < -0.4 is 9.47 Å². The Morgan fingerprint density at radius 2 is 2.00 bits per heavy atom. The molecule has 0 unspecified atom stereocenters. The molecule has 8 nitrogen and oxygen atoms in total. The molecule has 0 aliphatic heterocycles. The van der Waals surface area contributed by atoms with Gasteiger partial charge in [-0.25, -0.2) is 14.2 Å². The zero-order valence-corrected chi connectivity index (χ0v) is 13.3. The first-order valence-corrected chi connectivity index (χ1v) is 7.08. The van der Waals surface area contributed by atoms with E-state index in [0.717, 1.165) is 6.20 Å². The number of nitrogens with zero attached hydrogens (tertiary/aromatic N) is 4. The van der Waals surface area contributed by atoms with Gasteiger partial charge in [-0.3, -0.25) is 4.40 Å². The van der Waals surface area contributed by atoms with Crippen molar-refractivity contribution in [2.75, 3.05) is 14.2 Å². The lowest BCUT2D eigenvalue weighted by Crippen LogP contribution is -1.96. The summed E-state index contributed by atoms with van der Waals surface area (Å²) < 4.78 is 25.0. The Bertz CT molecular complexity index is 984. The second kappa shape index (κ2) is 6.56. The van der Waals surface area contributed by atoms with E-state index in [1.165, 1.54) is 30.8 Å². The minimum Gasteiger partial charge on any atom is -0.497 e. The number of carboxylic acids is 1. The van der Waals surface area contributed by atoms with Crippen molar-refractivity contribution in [2.45, 2.75) is 0 Å². The fourth-order valence-corrected chi connectivity index (χ4v) is 2.21. The van der Waals surface area contributed by atoms with Crippen LogP contribution in [0.15, 0.2) is 46.8 Å². The normalized spacial score (nSPS) is 11.2. The third kappa shape index (κ3) is 3.11. The molecule has 1 N–H and O–H groups in total. The van der Waals surface area contributed by atoms with Gasteiger partial charge in [-0.1, -0.05) is 0 Å². The Kier molecular flexibility index (Phi) is 4.29. The summed E-state index contributed by atoms with van der Waals surface area (Å²) in [6, 6.07) is 7.41. The highest BCUT2D eigenvalue weighted by molar-refractivity contribution is 5.91. The number of halogens is 1. The number of carbonyl (C=O) groups is 1. The quantitative estimate of drug-likeness (QED) is 0.713. The zero-order valence-electron chi connectivity index (χ0n) is 13.3. The summed E-state index contributed by atoms with van der Waals surface area (Å²) >= 11 is 0. The summed E-state index contributed by atoms with van der Waals surface area (Å²) in [7, 11) is 2.97. The zero-order chi connectivity index (χ0) is 18.0. The molecule has 0 bridgehead atoms. The fourth-order valence-electron chi connectivity index (χ4n) is 2.21. The summed E-state index contributed by atoms with van der Waals surface area (Å²) in [5.41, 5.74) is 0.266. The van der Waals surface area contributed by atoms with E-state index in [0.29, 0.717) is 17.2 Å². The van der Waals surface area contributed by atoms with Gasteiger partial charge in [0.2, 0.25) is 0 Å². The van der Waals surface area contributed by atoms with E-state index in [4.69, 9.17) is 9.47 Å². The molecule has 0 saturated carbocycles. The van der Waals surface area contributed by atoms with Crippen LogP contribution in [0.1, 0.15) is 10.5 Å². The number of imidazole rings is 1. The Hall–Kier alpha value is -3.49. The van der Waals surface area contributed by atoms with Gasteiger partial charge in [0.1, 0.15) is 28.7 Å². The number of aromatic carboxylic acids is 1. The van der Waals surface area contributed by atoms with Crippen LogP contribution in [0, 0.1) is 5.82 Å². The number of ether oxygens (including phenoxy) is 2. The Balaban J connectivity index is 2.11. The monoisotopic (exact) mass is 344 g/mol. The van der Waals surface area contributed by atoms with E-state index in [-0.39, 0.29) is 17.2 Å². The molecule has 2 heterocycles. The average molecular weight is 344 g/mol. The van der Waals surface area contributed by atoms with Crippen LogP contribution in [-0.2, 0) is 0 Å². The third-order valence-corrected chi connectivity index (χ3v) is 3.40. The van der Waals surface area contributed by atoms with E-state index in [2.05, 4.69) is 15.2 Å². The molecule has 2 aromatic heterocycles. The van der Waals surface area contributed by atoms with Crippen molar-refractivity contribution in [3.8, 4) is 11.5 Å². The number of fused-ring (bicyclic) bond motifs is 1. The molecular formula is C16H13FN4O4. The minimum absolute atomic E-state index is 0.0973. The van der Waals surface area contributed by atoms with Crippen molar-refractivity contribution in [1.29, 1.82) is 0 Å². The van der Waals surface area contributed by atoms with Crippen LogP contribution in [-0.4, -0.2) is 34.7 Å². The van der Waals surface area contributed by atoms with Gasteiger partial charge in [-0.15, -0.1) is 10.2 Å². The summed E-state index contributed by atoms with van der Waals surface area (Å²) in [5, 5.41) is 17.3. The topological polar surface area (TPSA) is 97.8 Å². The molecule has 9 heteroatoms. The highest BCUT2D eigenvalue weighted by Gasteiger charge is 2.19. The van der Waals surface area contributed by atoms with Crippen LogP contribution >= 0.6 is 0 Å². The van der Waals surface area contributed by atoms with E-state index in [1.54, 1.807) is 18.2 Å². The first-order valence-electron chi connectivity index (χ1n) is 7.08. The number of methoxy groups -OCH3 is 2. The van der Waals surface area contributed by atoms with E-state index in [9.17, 15) is 14.3 Å². The molecule has 3 rings (SSSR count). The van der Waals surface area contributed by atoms with Crippen molar-refractivity contribution in [2.24, 2.45) is 10.2 Å². The van der Waals surface area contributed by atoms with Crippen molar-refractivity contribution in [3.63, 3.8) is 0 Å². The van der Waals surface area contributed by atoms with Crippen molar-refractivity contribution < 1.29 is 23.8 Å². The van der Waals surface area contributed by atoms with Gasteiger partial charge in [0.05, 0.1) is 14.2 Å².